The molecule has 40 heavy (non-hydrogen) atoms. The number of alkyl halides is 3. The van der Waals surface area contributed by atoms with E-state index in [-0.39, 0.29) is 29.4 Å². The van der Waals surface area contributed by atoms with Gasteiger partial charge in [-0.1, -0.05) is 29.8 Å². The predicted octanol–water partition coefficient (Wildman–Crippen LogP) is 7.36. The molecule has 0 saturated carbocycles. The fourth-order valence-corrected chi connectivity index (χ4v) is 4.26. The number of nitrogens with one attached hydrogen (secondary N) is 1. The molecule has 0 aliphatic carbocycles. The molecule has 208 valence electrons. The first-order chi connectivity index (χ1) is 19.1. The Morgan fingerprint density at radius 1 is 1.02 bits per heavy atom. The summed E-state index contributed by atoms with van der Waals surface area (Å²) in [4.78, 5) is 19.1. The van der Waals surface area contributed by atoms with Gasteiger partial charge in [-0.25, -0.2) is 0 Å². The second-order valence-corrected chi connectivity index (χ2v) is 9.40. The molecule has 0 aliphatic heterocycles. The Labute approximate surface area is 235 Å². The maximum atomic E-state index is 13.1. The zero-order valence-corrected chi connectivity index (χ0v) is 22.3. The standard InChI is InChI=1S/C30H27ClF3N3O3/c1-2-37(19-21-10-13-35-14-11-21)24-7-8-26(36-29(39)25-17-23(31)6-9-27(25)38)28(18-24)40-15-12-20-4-3-5-22(16-20)30(32,33)34/h3-11,13-14,16-18,38H,2,12,15,19H2,1H3,(H,36,39). The van der Waals surface area contributed by atoms with Crippen molar-refractivity contribution in [1.82, 2.24) is 4.98 Å². The van der Waals surface area contributed by atoms with Gasteiger partial charge in [0.2, 0.25) is 0 Å². The number of amides is 1. The number of carbonyl (C=O) groups is 1. The Morgan fingerprint density at radius 2 is 1.80 bits per heavy atom. The van der Waals surface area contributed by atoms with Crippen molar-refractivity contribution in [3.05, 3.63) is 112 Å². The van der Waals surface area contributed by atoms with E-state index in [1.807, 2.05) is 25.1 Å². The average Bonchev–Trinajstić information content (AvgIpc) is 2.94. The summed E-state index contributed by atoms with van der Waals surface area (Å²) in [5, 5.41) is 13.2. The summed E-state index contributed by atoms with van der Waals surface area (Å²) in [6, 6.07) is 18.3. The van der Waals surface area contributed by atoms with Gasteiger partial charge in [-0.3, -0.25) is 9.78 Å². The molecule has 0 radical (unpaired) electrons. The van der Waals surface area contributed by atoms with Gasteiger partial charge >= 0.3 is 6.18 Å². The van der Waals surface area contributed by atoms with Crippen LogP contribution < -0.4 is 15.0 Å². The Bertz CT molecular complexity index is 1470. The minimum atomic E-state index is -4.44. The van der Waals surface area contributed by atoms with Gasteiger partial charge in [0, 0.05) is 48.7 Å². The first kappa shape index (κ1) is 28.8. The van der Waals surface area contributed by atoms with Crippen molar-refractivity contribution in [1.29, 1.82) is 0 Å². The molecule has 0 spiro atoms. The number of hydrogen-bond acceptors (Lipinski definition) is 5. The molecule has 6 nitrogen and oxygen atoms in total. The van der Waals surface area contributed by atoms with Gasteiger partial charge in [0.1, 0.15) is 11.5 Å². The van der Waals surface area contributed by atoms with Crippen LogP contribution in [0.1, 0.15) is 34.0 Å². The lowest BCUT2D eigenvalue weighted by Crippen LogP contribution is -2.22. The molecule has 1 heterocycles. The van der Waals surface area contributed by atoms with Crippen molar-refractivity contribution in [3.8, 4) is 11.5 Å². The third-order valence-electron chi connectivity index (χ3n) is 6.19. The Kier molecular flexibility index (Phi) is 9.16. The van der Waals surface area contributed by atoms with Gasteiger partial charge in [-0.15, -0.1) is 0 Å². The lowest BCUT2D eigenvalue weighted by molar-refractivity contribution is -0.137. The molecule has 2 N–H and O–H groups in total. The summed E-state index contributed by atoms with van der Waals surface area (Å²) >= 11 is 6.00. The maximum absolute atomic E-state index is 13.1. The fraction of sp³-hybridized carbons (Fsp3) is 0.200. The van der Waals surface area contributed by atoms with Crippen LogP contribution in [-0.2, 0) is 19.1 Å². The second-order valence-electron chi connectivity index (χ2n) is 8.96. The van der Waals surface area contributed by atoms with E-state index in [0.717, 1.165) is 23.4 Å². The topological polar surface area (TPSA) is 74.7 Å². The molecular formula is C30H27ClF3N3O3. The highest BCUT2D eigenvalue weighted by Crippen LogP contribution is 2.33. The van der Waals surface area contributed by atoms with Crippen LogP contribution in [-0.4, -0.2) is 29.1 Å². The van der Waals surface area contributed by atoms with E-state index >= 15 is 0 Å². The van der Waals surface area contributed by atoms with Gasteiger partial charge in [0.15, 0.2) is 0 Å². The molecule has 0 saturated heterocycles. The molecular weight excluding hydrogens is 543 g/mol. The second kappa shape index (κ2) is 12.7. The number of phenols is 1. The molecule has 0 aliphatic rings. The number of aromatic hydroxyl groups is 1. The molecule has 0 atom stereocenters. The van der Waals surface area contributed by atoms with E-state index in [9.17, 15) is 23.1 Å². The number of anilines is 2. The molecule has 3 aromatic carbocycles. The van der Waals surface area contributed by atoms with Crippen LogP contribution in [0.2, 0.25) is 5.02 Å². The number of hydrogen-bond donors (Lipinski definition) is 2. The van der Waals surface area contributed by atoms with E-state index in [2.05, 4.69) is 15.2 Å². The predicted molar refractivity (Wildman–Crippen MR) is 149 cm³/mol. The van der Waals surface area contributed by atoms with Crippen molar-refractivity contribution in [3.63, 3.8) is 0 Å². The smallest absolute Gasteiger partial charge is 0.416 e. The minimum Gasteiger partial charge on any atom is -0.507 e. The van der Waals surface area contributed by atoms with Gasteiger partial charge < -0.3 is 20.1 Å². The normalized spacial score (nSPS) is 11.2. The van der Waals surface area contributed by atoms with Crippen molar-refractivity contribution in [2.45, 2.75) is 26.1 Å². The van der Waals surface area contributed by atoms with Crippen molar-refractivity contribution < 1.29 is 27.8 Å². The molecule has 4 aromatic rings. The highest BCUT2D eigenvalue weighted by Gasteiger charge is 2.30. The number of phenolic OH excluding ortho intramolecular Hbond substituents is 1. The van der Waals surface area contributed by atoms with Crippen molar-refractivity contribution in [2.75, 3.05) is 23.4 Å². The van der Waals surface area contributed by atoms with Crippen LogP contribution in [0.25, 0.3) is 0 Å². The third-order valence-corrected chi connectivity index (χ3v) is 6.42. The summed E-state index contributed by atoms with van der Waals surface area (Å²) in [5.41, 5.74) is 1.93. The van der Waals surface area contributed by atoms with Crippen LogP contribution in [0.3, 0.4) is 0 Å². The zero-order valence-electron chi connectivity index (χ0n) is 21.6. The zero-order chi connectivity index (χ0) is 28.7. The maximum Gasteiger partial charge on any atom is 0.416 e. The van der Waals surface area contributed by atoms with Gasteiger partial charge in [-0.05, 0) is 66.6 Å². The Morgan fingerprint density at radius 3 is 2.52 bits per heavy atom. The number of benzene rings is 3. The van der Waals surface area contributed by atoms with Gasteiger partial charge in [0.25, 0.3) is 5.91 Å². The number of aromatic nitrogens is 1. The lowest BCUT2D eigenvalue weighted by atomic mass is 10.1. The van der Waals surface area contributed by atoms with Crippen molar-refractivity contribution in [2.24, 2.45) is 0 Å². The highest BCUT2D eigenvalue weighted by atomic mass is 35.5. The summed E-state index contributed by atoms with van der Waals surface area (Å²) in [5.74, 6) is -0.507. The van der Waals surface area contributed by atoms with Crippen LogP contribution in [0.5, 0.6) is 11.5 Å². The first-order valence-corrected chi connectivity index (χ1v) is 12.9. The number of ether oxygens (including phenoxy) is 1. The Hall–Kier alpha value is -4.24. The van der Waals surface area contributed by atoms with E-state index in [1.54, 1.807) is 30.6 Å². The third kappa shape index (κ3) is 7.45. The van der Waals surface area contributed by atoms with Crippen LogP contribution in [0.15, 0.2) is 85.2 Å². The highest BCUT2D eigenvalue weighted by molar-refractivity contribution is 6.31. The number of carbonyl (C=O) groups excluding carboxylic acids is 1. The average molecular weight is 570 g/mol. The largest absolute Gasteiger partial charge is 0.507 e. The summed E-state index contributed by atoms with van der Waals surface area (Å²) < 4.78 is 45.4. The summed E-state index contributed by atoms with van der Waals surface area (Å²) in [6.45, 7) is 3.35. The van der Waals surface area contributed by atoms with Crippen LogP contribution in [0.4, 0.5) is 24.5 Å². The fourth-order valence-electron chi connectivity index (χ4n) is 4.09. The SMILES string of the molecule is CCN(Cc1ccncc1)c1ccc(NC(=O)c2cc(Cl)ccc2O)c(OCCc2cccc(C(F)(F)F)c2)c1. The number of pyridine rings is 1. The molecule has 10 heteroatoms. The first-order valence-electron chi connectivity index (χ1n) is 12.5. The summed E-state index contributed by atoms with van der Waals surface area (Å²) in [7, 11) is 0. The van der Waals surface area contributed by atoms with Crippen LogP contribution in [0, 0.1) is 0 Å². The van der Waals surface area contributed by atoms with E-state index < -0.39 is 17.6 Å². The van der Waals surface area contributed by atoms with E-state index in [0.29, 0.717) is 30.1 Å². The van der Waals surface area contributed by atoms with E-state index in [1.165, 1.54) is 24.3 Å². The van der Waals surface area contributed by atoms with Crippen molar-refractivity contribution >= 4 is 28.9 Å². The van der Waals surface area contributed by atoms with Gasteiger partial charge in [0.05, 0.1) is 23.4 Å². The number of rotatable bonds is 10. The molecule has 1 amide bonds. The van der Waals surface area contributed by atoms with E-state index in [4.69, 9.17) is 16.3 Å². The Balaban J connectivity index is 1.59. The lowest BCUT2D eigenvalue weighted by Gasteiger charge is -2.25. The molecule has 0 bridgehead atoms. The van der Waals surface area contributed by atoms with Gasteiger partial charge in [-0.2, -0.15) is 13.2 Å². The summed E-state index contributed by atoms with van der Waals surface area (Å²) in [6.07, 6.45) is -0.789. The minimum absolute atomic E-state index is 0.0145. The number of nitrogens with zero attached hydrogens (tertiary/aromatic N) is 2. The molecule has 0 unspecified atom stereocenters. The quantitative estimate of drug-likeness (QED) is 0.209. The molecule has 4 rings (SSSR count). The monoisotopic (exact) mass is 569 g/mol. The number of halogens is 4. The van der Waals surface area contributed by atoms with Crippen LogP contribution >= 0.6 is 11.6 Å². The molecule has 1 aromatic heterocycles. The molecule has 0 fully saturated rings.